The van der Waals surface area contributed by atoms with Crippen molar-refractivity contribution in [1.29, 1.82) is 0 Å². The molecule has 1 amide bonds. The fourth-order valence-corrected chi connectivity index (χ4v) is 4.48. The van der Waals surface area contributed by atoms with Gasteiger partial charge in [0.25, 0.3) is 5.91 Å². The average Bonchev–Trinajstić information content (AvgIpc) is 3.06. The summed E-state index contributed by atoms with van der Waals surface area (Å²) >= 11 is 0. The fourth-order valence-electron chi connectivity index (χ4n) is 4.48. The van der Waals surface area contributed by atoms with E-state index in [-0.39, 0.29) is 23.8 Å². The van der Waals surface area contributed by atoms with Crippen LogP contribution >= 0.6 is 0 Å². The molecule has 4 rings (SSSR count). The van der Waals surface area contributed by atoms with Gasteiger partial charge >= 0.3 is 0 Å². The molecule has 2 aliphatic carbocycles. The Labute approximate surface area is 146 Å². The van der Waals surface area contributed by atoms with Crippen LogP contribution in [0.5, 0.6) is 0 Å². The van der Waals surface area contributed by atoms with E-state index in [1.165, 1.54) is 18.6 Å². The van der Waals surface area contributed by atoms with Gasteiger partial charge in [-0.2, -0.15) is 0 Å². The van der Waals surface area contributed by atoms with Crippen molar-refractivity contribution in [2.45, 2.75) is 44.2 Å². The van der Waals surface area contributed by atoms with E-state index >= 15 is 0 Å². The Kier molecular flexibility index (Phi) is 4.34. The number of carbonyl (C=O) groups excluding carboxylic acids is 1. The van der Waals surface area contributed by atoms with Gasteiger partial charge in [-0.1, -0.05) is 6.42 Å². The minimum Gasteiger partial charge on any atom is -0.451 e. The van der Waals surface area contributed by atoms with Crippen LogP contribution in [-0.2, 0) is 0 Å². The van der Waals surface area contributed by atoms with E-state index in [0.29, 0.717) is 23.4 Å². The highest BCUT2D eigenvalue weighted by molar-refractivity contribution is 5.92. The molecule has 2 aromatic rings. The molecule has 0 radical (unpaired) electrons. The van der Waals surface area contributed by atoms with Crippen molar-refractivity contribution >= 4 is 5.91 Å². The summed E-state index contributed by atoms with van der Waals surface area (Å²) in [4.78, 5) is 12.6. The van der Waals surface area contributed by atoms with E-state index in [1.807, 2.05) is 0 Å². The Bertz CT molecular complexity index is 741. The minimum atomic E-state index is -0.296. The zero-order valence-electron chi connectivity index (χ0n) is 14.1. The lowest BCUT2D eigenvalue weighted by molar-refractivity contribution is 0.0733. The number of hydrogen-bond acceptors (Lipinski definition) is 3. The first kappa shape index (κ1) is 16.3. The summed E-state index contributed by atoms with van der Waals surface area (Å²) in [5, 5.41) is 3.18. The van der Waals surface area contributed by atoms with Gasteiger partial charge in [-0.15, -0.1) is 0 Å². The van der Waals surface area contributed by atoms with Gasteiger partial charge in [0.15, 0.2) is 5.76 Å². The van der Waals surface area contributed by atoms with E-state index in [1.54, 1.807) is 24.3 Å². The van der Waals surface area contributed by atoms with Crippen molar-refractivity contribution in [2.75, 3.05) is 0 Å². The first-order valence-electron chi connectivity index (χ1n) is 9.02. The monoisotopic (exact) mass is 342 g/mol. The van der Waals surface area contributed by atoms with E-state index in [9.17, 15) is 9.18 Å². The molecule has 2 bridgehead atoms. The summed E-state index contributed by atoms with van der Waals surface area (Å²) in [5.41, 5.74) is 6.90. The van der Waals surface area contributed by atoms with Gasteiger partial charge in [0, 0.05) is 17.6 Å². The van der Waals surface area contributed by atoms with E-state index in [2.05, 4.69) is 5.32 Å². The molecule has 0 aliphatic heterocycles. The van der Waals surface area contributed by atoms with Crippen LogP contribution in [0.2, 0.25) is 0 Å². The molecule has 1 heterocycles. The quantitative estimate of drug-likeness (QED) is 0.893. The van der Waals surface area contributed by atoms with Crippen LogP contribution in [-0.4, -0.2) is 18.0 Å². The number of halogens is 1. The molecule has 25 heavy (non-hydrogen) atoms. The number of amides is 1. The van der Waals surface area contributed by atoms with E-state index in [4.69, 9.17) is 10.2 Å². The van der Waals surface area contributed by atoms with Crippen LogP contribution in [0.4, 0.5) is 4.39 Å². The van der Waals surface area contributed by atoms with Crippen molar-refractivity contribution in [3.63, 3.8) is 0 Å². The number of nitrogens with two attached hydrogens (primary N) is 1. The van der Waals surface area contributed by atoms with Crippen molar-refractivity contribution in [2.24, 2.45) is 17.6 Å². The molecule has 5 heteroatoms. The van der Waals surface area contributed by atoms with Crippen LogP contribution in [0, 0.1) is 17.7 Å². The summed E-state index contributed by atoms with van der Waals surface area (Å²) in [6.45, 7) is 0. The lowest BCUT2D eigenvalue weighted by Crippen LogP contribution is -2.53. The van der Waals surface area contributed by atoms with Crippen molar-refractivity contribution in [1.82, 2.24) is 5.32 Å². The van der Waals surface area contributed by atoms with Crippen molar-refractivity contribution in [3.8, 4) is 11.3 Å². The Morgan fingerprint density at radius 1 is 1.08 bits per heavy atom. The second-order valence-corrected chi connectivity index (χ2v) is 7.35. The number of furan rings is 1. The molecule has 2 unspecified atom stereocenters. The standard InChI is InChI=1S/C20H23FN2O2/c21-15-6-4-12(5-7-15)17-8-9-18(25-17)20(24)23-19-13-2-1-3-14(19)11-16(22)10-13/h4-9,13-14,16,19H,1-3,10-11,22H2,(H,23,24). The number of carbonyl (C=O) groups is 1. The van der Waals surface area contributed by atoms with Gasteiger partial charge in [-0.25, -0.2) is 4.39 Å². The summed E-state index contributed by atoms with van der Waals surface area (Å²) in [5.74, 6) is 1.33. The van der Waals surface area contributed by atoms with Crippen LogP contribution < -0.4 is 11.1 Å². The van der Waals surface area contributed by atoms with Gasteiger partial charge in [0.05, 0.1) is 0 Å². The maximum Gasteiger partial charge on any atom is 0.287 e. The molecule has 2 saturated carbocycles. The lowest BCUT2D eigenvalue weighted by Gasteiger charge is -2.45. The summed E-state index contributed by atoms with van der Waals surface area (Å²) in [6, 6.07) is 9.93. The highest BCUT2D eigenvalue weighted by Gasteiger charge is 2.40. The smallest absolute Gasteiger partial charge is 0.287 e. The Morgan fingerprint density at radius 2 is 1.76 bits per heavy atom. The molecule has 0 spiro atoms. The second-order valence-electron chi connectivity index (χ2n) is 7.35. The van der Waals surface area contributed by atoms with Gasteiger partial charge in [0.2, 0.25) is 0 Å². The minimum absolute atomic E-state index is 0.175. The number of rotatable bonds is 3. The third-order valence-electron chi connectivity index (χ3n) is 5.63. The van der Waals surface area contributed by atoms with Crippen LogP contribution in [0.3, 0.4) is 0 Å². The van der Waals surface area contributed by atoms with Crippen molar-refractivity contribution < 1.29 is 13.6 Å². The maximum absolute atomic E-state index is 13.0. The first-order valence-corrected chi connectivity index (χ1v) is 9.02. The molecule has 2 aliphatic rings. The molecule has 3 N–H and O–H groups in total. The largest absolute Gasteiger partial charge is 0.451 e. The Balaban J connectivity index is 1.47. The third kappa shape index (κ3) is 3.33. The second kappa shape index (κ2) is 6.64. The van der Waals surface area contributed by atoms with Crippen molar-refractivity contribution in [3.05, 3.63) is 48.0 Å². The number of hydrogen-bond donors (Lipinski definition) is 2. The fraction of sp³-hybridized carbons (Fsp3) is 0.450. The van der Waals surface area contributed by atoms with E-state index < -0.39 is 0 Å². The third-order valence-corrected chi connectivity index (χ3v) is 5.63. The van der Waals surface area contributed by atoms with E-state index in [0.717, 1.165) is 31.2 Å². The molecule has 2 fully saturated rings. The molecule has 132 valence electrons. The molecular formula is C20H23FN2O2. The molecule has 0 saturated heterocycles. The first-order chi connectivity index (χ1) is 12.1. The Morgan fingerprint density at radius 3 is 2.44 bits per heavy atom. The zero-order valence-corrected chi connectivity index (χ0v) is 14.1. The number of benzene rings is 1. The predicted octanol–water partition coefficient (Wildman–Crippen LogP) is 3.72. The molecule has 4 nitrogen and oxygen atoms in total. The normalized spacial score (nSPS) is 28.6. The summed E-state index contributed by atoms with van der Waals surface area (Å²) < 4.78 is 18.7. The molecule has 2 atom stereocenters. The number of nitrogens with one attached hydrogen (secondary N) is 1. The topological polar surface area (TPSA) is 68.3 Å². The molecule has 1 aromatic carbocycles. The van der Waals surface area contributed by atoms with Crippen LogP contribution in [0.15, 0.2) is 40.8 Å². The number of fused-ring (bicyclic) bond motifs is 2. The Hall–Kier alpha value is -2.14. The summed E-state index contributed by atoms with van der Waals surface area (Å²) in [6.07, 6.45) is 5.47. The predicted molar refractivity (Wildman–Crippen MR) is 93.4 cm³/mol. The van der Waals surface area contributed by atoms with Gasteiger partial charge in [0.1, 0.15) is 11.6 Å². The maximum atomic E-state index is 13.0. The molecule has 1 aromatic heterocycles. The van der Waals surface area contributed by atoms with Gasteiger partial charge in [-0.3, -0.25) is 4.79 Å². The highest BCUT2D eigenvalue weighted by Crippen LogP contribution is 2.39. The zero-order chi connectivity index (χ0) is 17.4. The summed E-state index contributed by atoms with van der Waals surface area (Å²) in [7, 11) is 0. The van der Waals surface area contributed by atoms with Gasteiger partial charge in [-0.05, 0) is 73.9 Å². The SMILES string of the molecule is NC1CC2CCCC(C1)C2NC(=O)c1ccc(-c2ccc(F)cc2)o1. The molecular weight excluding hydrogens is 319 g/mol. The average molecular weight is 342 g/mol. The lowest BCUT2D eigenvalue weighted by atomic mass is 9.67. The van der Waals surface area contributed by atoms with Gasteiger partial charge < -0.3 is 15.5 Å². The van der Waals surface area contributed by atoms with Crippen LogP contribution in [0.25, 0.3) is 11.3 Å². The highest BCUT2D eigenvalue weighted by atomic mass is 19.1. The van der Waals surface area contributed by atoms with Crippen LogP contribution in [0.1, 0.15) is 42.7 Å².